The summed E-state index contributed by atoms with van der Waals surface area (Å²) in [5.41, 5.74) is 0.824. The number of hydrogen-bond donors (Lipinski definition) is 3. The number of halogens is 1. The van der Waals surface area contributed by atoms with Crippen LogP contribution < -0.4 is 16.0 Å². The lowest BCUT2D eigenvalue weighted by molar-refractivity contribution is -0.126. The van der Waals surface area contributed by atoms with E-state index >= 15 is 0 Å². The second-order valence-electron chi connectivity index (χ2n) is 9.40. The molecule has 198 valence electrons. The van der Waals surface area contributed by atoms with Crippen LogP contribution in [-0.4, -0.2) is 67.2 Å². The van der Waals surface area contributed by atoms with E-state index in [1.165, 1.54) is 0 Å². The summed E-state index contributed by atoms with van der Waals surface area (Å²) < 4.78 is 0. The van der Waals surface area contributed by atoms with Crippen LogP contribution in [0.3, 0.4) is 0 Å². The fourth-order valence-corrected chi connectivity index (χ4v) is 3.63. The molecule has 0 saturated heterocycles. The minimum absolute atomic E-state index is 0. The Balaban J connectivity index is 0.0000116. The number of likely N-dealkylation sites (N-methyl/N-ethyl adjacent to an activating group) is 1. The van der Waals surface area contributed by atoms with Gasteiger partial charge >= 0.3 is 0 Å². The van der Waals surface area contributed by atoms with Gasteiger partial charge in [0.25, 0.3) is 11.8 Å². The third-order valence-electron chi connectivity index (χ3n) is 5.56. The molecule has 0 saturated carbocycles. The van der Waals surface area contributed by atoms with Crippen LogP contribution in [0.2, 0.25) is 0 Å². The lowest BCUT2D eigenvalue weighted by Gasteiger charge is -2.23. The van der Waals surface area contributed by atoms with Gasteiger partial charge in [0, 0.05) is 24.2 Å². The maximum absolute atomic E-state index is 12.8. The highest BCUT2D eigenvalue weighted by Gasteiger charge is 2.25. The summed E-state index contributed by atoms with van der Waals surface area (Å²) in [6, 6.07) is 5.01. The Morgan fingerprint density at radius 1 is 0.857 bits per heavy atom. The van der Waals surface area contributed by atoms with Crippen LogP contribution in [0.25, 0.3) is 0 Å². The zero-order valence-corrected chi connectivity index (χ0v) is 22.7. The van der Waals surface area contributed by atoms with Crippen molar-refractivity contribution >= 4 is 36.4 Å². The molecule has 0 aliphatic heterocycles. The van der Waals surface area contributed by atoms with Gasteiger partial charge in [-0.15, -0.1) is 12.4 Å². The summed E-state index contributed by atoms with van der Waals surface area (Å²) in [6.45, 7) is 15.2. The molecule has 0 aliphatic carbocycles. The molecular formula is C26H43ClN4O4. The number of benzene rings is 1. The first kappa shape index (κ1) is 32.5. The number of nitrogens with zero attached hydrogens (tertiary/aromatic N) is 1. The van der Waals surface area contributed by atoms with Crippen LogP contribution in [0.5, 0.6) is 0 Å². The summed E-state index contributed by atoms with van der Waals surface area (Å²) >= 11 is 0. The molecule has 0 unspecified atom stereocenters. The minimum atomic E-state index is -0.759. The molecule has 0 heterocycles. The average Bonchev–Trinajstić information content (AvgIpc) is 2.80. The van der Waals surface area contributed by atoms with Crippen molar-refractivity contribution in [3.63, 3.8) is 0 Å². The molecule has 0 radical (unpaired) electrons. The van der Waals surface area contributed by atoms with Gasteiger partial charge in [0.15, 0.2) is 0 Å². The number of hydrogen-bond acceptors (Lipinski definition) is 5. The highest BCUT2D eigenvalue weighted by Crippen LogP contribution is 2.10. The van der Waals surface area contributed by atoms with Crippen LogP contribution in [-0.2, 0) is 9.59 Å². The fourth-order valence-electron chi connectivity index (χ4n) is 3.63. The van der Waals surface area contributed by atoms with Crippen molar-refractivity contribution in [1.82, 2.24) is 20.9 Å². The third-order valence-corrected chi connectivity index (χ3v) is 5.56. The molecule has 9 heteroatoms. The first-order chi connectivity index (χ1) is 16.1. The Bertz CT molecular complexity index is 795. The molecule has 1 aromatic carbocycles. The number of carbonyl (C=O) groups excluding carboxylic acids is 4. The first-order valence-electron chi connectivity index (χ1n) is 12.3. The molecule has 2 atom stereocenters. The number of amides is 3. The molecule has 0 spiro atoms. The molecular weight excluding hydrogens is 468 g/mol. The van der Waals surface area contributed by atoms with Gasteiger partial charge < -0.3 is 25.6 Å². The maximum Gasteiger partial charge on any atom is 0.251 e. The van der Waals surface area contributed by atoms with E-state index in [9.17, 15) is 19.2 Å². The lowest BCUT2D eigenvalue weighted by atomic mass is 10.0. The van der Waals surface area contributed by atoms with Crippen molar-refractivity contribution in [3.8, 4) is 0 Å². The molecule has 3 amide bonds. The molecule has 0 bridgehead atoms. The zero-order chi connectivity index (χ0) is 25.7. The average molecular weight is 511 g/mol. The van der Waals surface area contributed by atoms with Crippen LogP contribution in [0.15, 0.2) is 24.3 Å². The number of carbonyl (C=O) groups is 4. The second kappa shape index (κ2) is 17.1. The van der Waals surface area contributed by atoms with Gasteiger partial charge in [0.2, 0.25) is 5.91 Å². The van der Waals surface area contributed by atoms with E-state index in [-0.39, 0.29) is 36.1 Å². The summed E-state index contributed by atoms with van der Waals surface area (Å²) in [5.74, 6) is -0.550. The molecule has 8 nitrogen and oxygen atoms in total. The largest absolute Gasteiger partial charge is 0.351 e. The summed E-state index contributed by atoms with van der Waals surface area (Å²) in [5, 5.41) is 8.41. The van der Waals surface area contributed by atoms with Crippen LogP contribution in [0.4, 0.5) is 0 Å². The highest BCUT2D eigenvalue weighted by atomic mass is 35.5. The van der Waals surface area contributed by atoms with Gasteiger partial charge in [-0.3, -0.25) is 14.4 Å². The topological polar surface area (TPSA) is 108 Å². The van der Waals surface area contributed by atoms with Gasteiger partial charge in [0.1, 0.15) is 12.3 Å². The van der Waals surface area contributed by atoms with Crippen molar-refractivity contribution < 1.29 is 19.2 Å². The van der Waals surface area contributed by atoms with E-state index in [1.54, 1.807) is 24.3 Å². The van der Waals surface area contributed by atoms with Gasteiger partial charge in [-0.1, -0.05) is 41.5 Å². The Morgan fingerprint density at radius 3 is 1.83 bits per heavy atom. The van der Waals surface area contributed by atoms with Crippen molar-refractivity contribution in [2.24, 2.45) is 11.8 Å². The Kier molecular flexibility index (Phi) is 15.9. The maximum atomic E-state index is 12.8. The summed E-state index contributed by atoms with van der Waals surface area (Å²) in [4.78, 5) is 51.5. The molecule has 3 N–H and O–H groups in total. The van der Waals surface area contributed by atoms with Crippen LogP contribution in [0, 0.1) is 11.8 Å². The molecule has 0 aliphatic rings. The smallest absolute Gasteiger partial charge is 0.251 e. The molecule has 0 fully saturated rings. The Labute approximate surface area is 216 Å². The predicted molar refractivity (Wildman–Crippen MR) is 142 cm³/mol. The monoisotopic (exact) mass is 510 g/mol. The van der Waals surface area contributed by atoms with Gasteiger partial charge in [-0.25, -0.2) is 0 Å². The van der Waals surface area contributed by atoms with E-state index in [2.05, 4.69) is 34.7 Å². The van der Waals surface area contributed by atoms with Crippen molar-refractivity contribution in [1.29, 1.82) is 0 Å². The van der Waals surface area contributed by atoms with E-state index in [4.69, 9.17) is 0 Å². The van der Waals surface area contributed by atoms with E-state index in [0.717, 1.165) is 25.9 Å². The Morgan fingerprint density at radius 2 is 1.37 bits per heavy atom. The summed E-state index contributed by atoms with van der Waals surface area (Å²) in [6.07, 6.45) is 1.71. The first-order valence-corrected chi connectivity index (χ1v) is 12.3. The lowest BCUT2D eigenvalue weighted by Crippen LogP contribution is -2.50. The number of aldehydes is 1. The van der Waals surface area contributed by atoms with Gasteiger partial charge in [-0.05, 0) is 62.0 Å². The van der Waals surface area contributed by atoms with Crippen LogP contribution in [0.1, 0.15) is 75.1 Å². The minimum Gasteiger partial charge on any atom is -0.351 e. The molecule has 35 heavy (non-hydrogen) atoms. The standard InChI is InChI=1S/C26H42N4O4.ClH/c1-7-30(8-2)14-13-27-24(32)20-9-11-21(12-10-20)25(33)29-23(16-19(5)6)26(34)28-22(17-31)15-18(3)4;/h9-12,17-19,22-23H,7-8,13-16H2,1-6H3,(H,27,32)(H,28,34)(H,29,33);1H/t22-,23-;/m0./s1. The SMILES string of the molecule is CCN(CC)CCNC(=O)c1ccc(C(=O)N[C@@H](CC(C)C)C(=O)N[C@H](C=O)CC(C)C)cc1.Cl. The predicted octanol–water partition coefficient (Wildman–Crippen LogP) is 3.05. The fraction of sp³-hybridized carbons (Fsp3) is 0.615. The number of rotatable bonds is 15. The highest BCUT2D eigenvalue weighted by molar-refractivity contribution is 5.99. The Hall–Kier alpha value is -2.45. The molecule has 1 rings (SSSR count). The van der Waals surface area contributed by atoms with Crippen LogP contribution >= 0.6 is 12.4 Å². The van der Waals surface area contributed by atoms with Crippen molar-refractivity contribution in [2.45, 2.75) is 66.5 Å². The molecule has 1 aromatic rings. The quantitative estimate of drug-likeness (QED) is 0.314. The van der Waals surface area contributed by atoms with E-state index < -0.39 is 18.0 Å². The summed E-state index contributed by atoms with van der Waals surface area (Å²) in [7, 11) is 0. The zero-order valence-electron chi connectivity index (χ0n) is 21.9. The van der Waals surface area contributed by atoms with Crippen molar-refractivity contribution in [3.05, 3.63) is 35.4 Å². The molecule has 0 aromatic heterocycles. The van der Waals surface area contributed by atoms with Crippen molar-refractivity contribution in [2.75, 3.05) is 26.2 Å². The van der Waals surface area contributed by atoms with Gasteiger partial charge in [0.05, 0.1) is 6.04 Å². The van der Waals surface area contributed by atoms with E-state index in [1.807, 2.05) is 27.7 Å². The van der Waals surface area contributed by atoms with E-state index in [0.29, 0.717) is 30.5 Å². The number of nitrogens with one attached hydrogen (secondary N) is 3. The second-order valence-corrected chi connectivity index (χ2v) is 9.40. The van der Waals surface area contributed by atoms with Gasteiger partial charge in [-0.2, -0.15) is 0 Å². The normalized spacial score (nSPS) is 12.6. The third kappa shape index (κ3) is 12.2.